The van der Waals surface area contributed by atoms with Crippen molar-refractivity contribution in [2.45, 2.75) is 13.5 Å². The average molecular weight is 270 g/mol. The lowest BCUT2D eigenvalue weighted by atomic mass is 10.2. The van der Waals surface area contributed by atoms with E-state index in [2.05, 4.69) is 15.6 Å². The van der Waals surface area contributed by atoms with Gasteiger partial charge in [-0.05, 0) is 24.1 Å². The van der Waals surface area contributed by atoms with Crippen molar-refractivity contribution < 1.29 is 4.79 Å². The van der Waals surface area contributed by atoms with E-state index < -0.39 is 0 Å². The van der Waals surface area contributed by atoms with Crippen LogP contribution in [0, 0.1) is 6.92 Å². The monoisotopic (exact) mass is 270 g/mol. The fourth-order valence-corrected chi connectivity index (χ4v) is 1.80. The summed E-state index contributed by atoms with van der Waals surface area (Å²) in [5.41, 5.74) is 8.23. The number of carbonyl (C=O) groups is 1. The van der Waals surface area contributed by atoms with E-state index in [1.54, 1.807) is 6.20 Å². The van der Waals surface area contributed by atoms with E-state index in [-0.39, 0.29) is 12.5 Å². The lowest BCUT2D eigenvalue weighted by Gasteiger charge is -2.09. The summed E-state index contributed by atoms with van der Waals surface area (Å²) in [7, 11) is 0. The number of nitrogens with one attached hydrogen (secondary N) is 2. The predicted molar refractivity (Wildman–Crippen MR) is 80.2 cm³/mol. The van der Waals surface area contributed by atoms with Gasteiger partial charge in [0.15, 0.2) is 0 Å². The van der Waals surface area contributed by atoms with Crippen LogP contribution in [0.3, 0.4) is 0 Å². The highest BCUT2D eigenvalue weighted by Crippen LogP contribution is 2.13. The summed E-state index contributed by atoms with van der Waals surface area (Å²) in [6.07, 6.45) is 1.57. The molecule has 5 heteroatoms. The third-order valence-corrected chi connectivity index (χ3v) is 2.85. The van der Waals surface area contributed by atoms with E-state index >= 15 is 0 Å². The van der Waals surface area contributed by atoms with E-state index in [1.165, 1.54) is 0 Å². The number of nitrogens with zero attached hydrogens (tertiary/aromatic N) is 1. The van der Waals surface area contributed by atoms with Gasteiger partial charge in [0.05, 0.1) is 18.4 Å². The molecule has 20 heavy (non-hydrogen) atoms. The first-order chi connectivity index (χ1) is 9.65. The maximum atomic E-state index is 11.7. The molecule has 104 valence electrons. The SMILES string of the molecule is Cc1cc(N)cnc1NCC(=O)NCc1ccccc1. The topological polar surface area (TPSA) is 80.0 Å². The molecule has 0 aliphatic heterocycles. The molecule has 4 N–H and O–H groups in total. The molecule has 1 aromatic heterocycles. The van der Waals surface area contributed by atoms with Gasteiger partial charge in [-0.2, -0.15) is 0 Å². The van der Waals surface area contributed by atoms with Crippen LogP contribution in [0.5, 0.6) is 0 Å². The van der Waals surface area contributed by atoms with Crippen molar-refractivity contribution in [3.05, 3.63) is 53.7 Å². The highest BCUT2D eigenvalue weighted by Gasteiger charge is 2.04. The van der Waals surface area contributed by atoms with E-state index in [0.29, 0.717) is 18.1 Å². The van der Waals surface area contributed by atoms with Crippen molar-refractivity contribution in [1.29, 1.82) is 0 Å². The second kappa shape index (κ2) is 6.56. The van der Waals surface area contributed by atoms with E-state index in [9.17, 15) is 4.79 Å². The Morgan fingerprint density at radius 2 is 2.05 bits per heavy atom. The molecule has 0 bridgehead atoms. The molecule has 0 radical (unpaired) electrons. The molecular weight excluding hydrogens is 252 g/mol. The van der Waals surface area contributed by atoms with Gasteiger partial charge in [-0.1, -0.05) is 30.3 Å². The quantitative estimate of drug-likeness (QED) is 0.772. The lowest BCUT2D eigenvalue weighted by molar-refractivity contribution is -0.119. The number of aryl methyl sites for hydroxylation is 1. The second-order valence-electron chi connectivity index (χ2n) is 4.55. The Bertz CT molecular complexity index is 584. The molecule has 0 spiro atoms. The summed E-state index contributed by atoms with van der Waals surface area (Å²) in [4.78, 5) is 15.9. The number of aromatic nitrogens is 1. The zero-order chi connectivity index (χ0) is 14.4. The minimum atomic E-state index is -0.0770. The van der Waals surface area contributed by atoms with Gasteiger partial charge in [0.25, 0.3) is 0 Å². The number of hydrogen-bond donors (Lipinski definition) is 3. The maximum absolute atomic E-state index is 11.7. The molecule has 2 rings (SSSR count). The van der Waals surface area contributed by atoms with Crippen molar-refractivity contribution in [2.75, 3.05) is 17.6 Å². The van der Waals surface area contributed by atoms with Crippen LogP contribution in [0.1, 0.15) is 11.1 Å². The number of nitrogens with two attached hydrogens (primary N) is 1. The first-order valence-electron chi connectivity index (χ1n) is 6.42. The van der Waals surface area contributed by atoms with Crippen LogP contribution in [-0.2, 0) is 11.3 Å². The Kier molecular flexibility index (Phi) is 4.55. The van der Waals surface area contributed by atoms with Crippen LogP contribution < -0.4 is 16.4 Å². The van der Waals surface area contributed by atoms with Gasteiger partial charge in [-0.25, -0.2) is 4.98 Å². The van der Waals surface area contributed by atoms with Crippen LogP contribution in [-0.4, -0.2) is 17.4 Å². The van der Waals surface area contributed by atoms with Gasteiger partial charge >= 0.3 is 0 Å². The normalized spacial score (nSPS) is 10.1. The lowest BCUT2D eigenvalue weighted by Crippen LogP contribution is -2.29. The molecule has 2 aromatic rings. The van der Waals surface area contributed by atoms with Gasteiger partial charge in [-0.15, -0.1) is 0 Å². The first-order valence-corrected chi connectivity index (χ1v) is 6.42. The standard InChI is InChI=1S/C15H18N4O/c1-11-7-13(16)9-18-15(11)19-10-14(20)17-8-12-5-3-2-4-6-12/h2-7,9H,8,10,16H2,1H3,(H,17,20)(H,18,19). The Morgan fingerprint density at radius 1 is 1.30 bits per heavy atom. The molecule has 0 saturated heterocycles. The molecule has 0 fully saturated rings. The van der Waals surface area contributed by atoms with E-state index in [1.807, 2.05) is 43.3 Å². The Balaban J connectivity index is 1.80. The maximum Gasteiger partial charge on any atom is 0.239 e. The first kappa shape index (κ1) is 13.9. The van der Waals surface area contributed by atoms with Crippen LogP contribution in [0.2, 0.25) is 0 Å². The highest BCUT2D eigenvalue weighted by molar-refractivity contribution is 5.80. The van der Waals surface area contributed by atoms with E-state index in [4.69, 9.17) is 5.73 Å². The molecular formula is C15H18N4O. The molecule has 1 aromatic carbocycles. The Labute approximate surface area is 118 Å². The summed E-state index contributed by atoms with van der Waals surface area (Å²) in [5, 5.41) is 5.84. The Morgan fingerprint density at radius 3 is 2.75 bits per heavy atom. The fourth-order valence-electron chi connectivity index (χ4n) is 1.80. The molecule has 0 unspecified atom stereocenters. The van der Waals surface area contributed by atoms with Crippen LogP contribution in [0.15, 0.2) is 42.6 Å². The van der Waals surface area contributed by atoms with Gasteiger partial charge in [0, 0.05) is 6.54 Å². The van der Waals surface area contributed by atoms with Gasteiger partial charge < -0.3 is 16.4 Å². The van der Waals surface area contributed by atoms with Crippen molar-refractivity contribution >= 4 is 17.4 Å². The summed E-state index contributed by atoms with van der Waals surface area (Å²) >= 11 is 0. The summed E-state index contributed by atoms with van der Waals surface area (Å²) < 4.78 is 0. The number of hydrogen-bond acceptors (Lipinski definition) is 4. The zero-order valence-corrected chi connectivity index (χ0v) is 11.4. The van der Waals surface area contributed by atoms with Crippen molar-refractivity contribution in [3.63, 3.8) is 0 Å². The highest BCUT2D eigenvalue weighted by atomic mass is 16.1. The number of benzene rings is 1. The molecule has 0 saturated carbocycles. The average Bonchev–Trinajstić information content (AvgIpc) is 2.45. The minimum absolute atomic E-state index is 0.0770. The molecule has 0 atom stereocenters. The van der Waals surface area contributed by atoms with Gasteiger partial charge in [0.2, 0.25) is 5.91 Å². The number of pyridine rings is 1. The van der Waals surface area contributed by atoms with Gasteiger partial charge in [0.1, 0.15) is 5.82 Å². The smallest absolute Gasteiger partial charge is 0.239 e. The van der Waals surface area contributed by atoms with E-state index in [0.717, 1.165) is 11.1 Å². The van der Waals surface area contributed by atoms with Crippen LogP contribution in [0.4, 0.5) is 11.5 Å². The van der Waals surface area contributed by atoms with Crippen LogP contribution in [0.25, 0.3) is 0 Å². The summed E-state index contributed by atoms with van der Waals surface area (Å²) in [6.45, 7) is 2.60. The minimum Gasteiger partial charge on any atom is -0.397 e. The molecule has 0 aliphatic carbocycles. The predicted octanol–water partition coefficient (Wildman–Crippen LogP) is 1.70. The second-order valence-corrected chi connectivity index (χ2v) is 4.55. The Hall–Kier alpha value is -2.56. The largest absolute Gasteiger partial charge is 0.397 e. The number of carbonyl (C=O) groups excluding carboxylic acids is 1. The van der Waals surface area contributed by atoms with Crippen molar-refractivity contribution in [3.8, 4) is 0 Å². The fraction of sp³-hybridized carbons (Fsp3) is 0.200. The molecule has 1 amide bonds. The molecule has 0 aliphatic rings. The number of anilines is 2. The van der Waals surface area contributed by atoms with Crippen molar-refractivity contribution in [1.82, 2.24) is 10.3 Å². The van der Waals surface area contributed by atoms with Crippen molar-refractivity contribution in [2.24, 2.45) is 0 Å². The zero-order valence-electron chi connectivity index (χ0n) is 11.4. The van der Waals surface area contributed by atoms with Gasteiger partial charge in [-0.3, -0.25) is 4.79 Å². The number of amides is 1. The summed E-state index contributed by atoms with van der Waals surface area (Å²) in [5.74, 6) is 0.598. The summed E-state index contributed by atoms with van der Waals surface area (Å²) in [6, 6.07) is 11.6. The third kappa shape index (κ3) is 3.98. The third-order valence-electron chi connectivity index (χ3n) is 2.85. The molecule has 1 heterocycles. The molecule has 5 nitrogen and oxygen atoms in total. The number of rotatable bonds is 5. The van der Waals surface area contributed by atoms with Crippen LogP contribution >= 0.6 is 0 Å². The number of nitrogen functional groups attached to an aromatic ring is 1.